The van der Waals surface area contributed by atoms with Gasteiger partial charge in [-0.2, -0.15) is 0 Å². The lowest BCUT2D eigenvalue weighted by Crippen LogP contribution is -2.33. The summed E-state index contributed by atoms with van der Waals surface area (Å²) in [4.78, 5) is 14.3. The number of aryl methyl sites for hydroxylation is 1. The van der Waals surface area contributed by atoms with Crippen molar-refractivity contribution in [2.45, 2.75) is 24.3 Å². The first-order valence-electron chi connectivity index (χ1n) is 7.92. The Morgan fingerprint density at radius 1 is 1.24 bits per heavy atom. The second-order valence-corrected chi connectivity index (χ2v) is 7.06. The molecule has 0 radical (unpaired) electrons. The Bertz CT molecular complexity index is 872. The highest BCUT2D eigenvalue weighted by molar-refractivity contribution is 8.00. The first-order chi connectivity index (χ1) is 12.0. The van der Waals surface area contributed by atoms with Gasteiger partial charge in [0.1, 0.15) is 5.76 Å². The van der Waals surface area contributed by atoms with Gasteiger partial charge in [0.15, 0.2) is 11.0 Å². The first kappa shape index (κ1) is 17.3. The minimum atomic E-state index is -0.286. The maximum atomic E-state index is 12.7. The molecule has 0 aliphatic carbocycles. The zero-order chi connectivity index (χ0) is 18.0. The molecular weight excluding hydrogens is 336 g/mol. The molecule has 0 spiro atoms. The van der Waals surface area contributed by atoms with Crippen molar-refractivity contribution < 1.29 is 9.21 Å². The zero-order valence-electron chi connectivity index (χ0n) is 14.6. The van der Waals surface area contributed by atoms with Crippen LogP contribution in [0.25, 0.3) is 11.4 Å². The Kier molecular flexibility index (Phi) is 4.94. The van der Waals surface area contributed by atoms with E-state index in [9.17, 15) is 4.79 Å². The van der Waals surface area contributed by atoms with Crippen LogP contribution in [0.1, 0.15) is 12.7 Å². The number of anilines is 1. The van der Waals surface area contributed by atoms with E-state index in [1.165, 1.54) is 11.8 Å². The van der Waals surface area contributed by atoms with E-state index in [2.05, 4.69) is 10.2 Å². The van der Waals surface area contributed by atoms with E-state index in [1.54, 1.807) is 18.2 Å². The lowest BCUT2D eigenvalue weighted by atomic mass is 10.2. The highest BCUT2D eigenvalue weighted by Gasteiger charge is 2.23. The van der Waals surface area contributed by atoms with Crippen molar-refractivity contribution in [2.75, 3.05) is 11.9 Å². The fourth-order valence-corrected chi connectivity index (χ4v) is 3.44. The van der Waals surface area contributed by atoms with Crippen molar-refractivity contribution in [3.05, 3.63) is 48.4 Å². The van der Waals surface area contributed by atoms with Crippen molar-refractivity contribution in [3.8, 4) is 11.4 Å². The molecule has 2 aromatic heterocycles. The number of rotatable bonds is 5. The van der Waals surface area contributed by atoms with Crippen LogP contribution in [0.15, 0.2) is 52.2 Å². The molecule has 130 valence electrons. The van der Waals surface area contributed by atoms with Crippen LogP contribution in [0.5, 0.6) is 0 Å². The third-order valence-corrected chi connectivity index (χ3v) is 5.16. The molecule has 0 bridgehead atoms. The van der Waals surface area contributed by atoms with Gasteiger partial charge in [-0.15, -0.1) is 10.2 Å². The molecule has 1 unspecified atom stereocenters. The number of benzene rings is 1. The number of amides is 1. The van der Waals surface area contributed by atoms with E-state index in [0.29, 0.717) is 5.16 Å². The maximum absolute atomic E-state index is 12.7. The van der Waals surface area contributed by atoms with E-state index >= 15 is 0 Å². The normalized spacial score (nSPS) is 12.2. The summed E-state index contributed by atoms with van der Waals surface area (Å²) >= 11 is 1.39. The summed E-state index contributed by atoms with van der Waals surface area (Å²) in [6, 6.07) is 11.5. The quantitative estimate of drug-likeness (QED) is 0.655. The number of para-hydroxylation sites is 1. The van der Waals surface area contributed by atoms with Crippen molar-refractivity contribution in [3.63, 3.8) is 0 Å². The molecule has 2 heterocycles. The van der Waals surface area contributed by atoms with Crippen LogP contribution in [0.2, 0.25) is 0 Å². The summed E-state index contributed by atoms with van der Waals surface area (Å²) in [6.45, 7) is 3.77. The molecule has 1 atom stereocenters. The molecule has 0 N–H and O–H groups in total. The zero-order valence-corrected chi connectivity index (χ0v) is 15.4. The van der Waals surface area contributed by atoms with Crippen molar-refractivity contribution >= 4 is 23.4 Å². The van der Waals surface area contributed by atoms with Crippen LogP contribution in [0.4, 0.5) is 5.69 Å². The predicted octanol–water partition coefficient (Wildman–Crippen LogP) is 3.53. The molecule has 25 heavy (non-hydrogen) atoms. The Hall–Kier alpha value is -2.54. The van der Waals surface area contributed by atoms with Gasteiger partial charge >= 0.3 is 0 Å². The largest absolute Gasteiger partial charge is 0.469 e. The van der Waals surface area contributed by atoms with Crippen molar-refractivity contribution in [1.29, 1.82) is 0 Å². The average molecular weight is 356 g/mol. The minimum absolute atomic E-state index is 0.0141. The van der Waals surface area contributed by atoms with Gasteiger partial charge in [0.25, 0.3) is 0 Å². The fourth-order valence-electron chi connectivity index (χ4n) is 2.53. The molecule has 0 aliphatic heterocycles. The standard InChI is InChI=1S/C18H20N4O2S/c1-12-15(10-11-24-12)16-19-20-18(22(16)4)25-13(2)17(23)21(3)14-8-6-5-7-9-14/h5-11,13H,1-4H3. The minimum Gasteiger partial charge on any atom is -0.469 e. The van der Waals surface area contributed by atoms with Crippen LogP contribution in [0, 0.1) is 6.92 Å². The van der Waals surface area contributed by atoms with E-state index < -0.39 is 0 Å². The van der Waals surface area contributed by atoms with E-state index in [-0.39, 0.29) is 11.2 Å². The van der Waals surface area contributed by atoms with Crippen LogP contribution in [-0.2, 0) is 11.8 Å². The van der Waals surface area contributed by atoms with E-state index in [1.807, 2.05) is 61.9 Å². The SMILES string of the molecule is Cc1occc1-c1nnc(SC(C)C(=O)N(C)c2ccccc2)n1C. The van der Waals surface area contributed by atoms with Gasteiger partial charge < -0.3 is 13.9 Å². The Morgan fingerprint density at radius 2 is 1.96 bits per heavy atom. The smallest absolute Gasteiger partial charge is 0.240 e. The van der Waals surface area contributed by atoms with Crippen LogP contribution in [-0.4, -0.2) is 33.0 Å². The Morgan fingerprint density at radius 3 is 2.60 bits per heavy atom. The molecule has 3 rings (SSSR count). The van der Waals surface area contributed by atoms with Crippen LogP contribution in [0.3, 0.4) is 0 Å². The fraction of sp³-hybridized carbons (Fsp3) is 0.278. The summed E-state index contributed by atoms with van der Waals surface area (Å²) in [5.74, 6) is 1.53. The lowest BCUT2D eigenvalue weighted by Gasteiger charge is -2.20. The van der Waals surface area contributed by atoms with Crippen molar-refractivity contribution in [1.82, 2.24) is 14.8 Å². The molecule has 6 nitrogen and oxygen atoms in total. The summed E-state index contributed by atoms with van der Waals surface area (Å²) in [6.07, 6.45) is 1.63. The second-order valence-electron chi connectivity index (χ2n) is 5.75. The highest BCUT2D eigenvalue weighted by atomic mass is 32.2. The summed E-state index contributed by atoms with van der Waals surface area (Å²) in [5.41, 5.74) is 1.77. The molecule has 3 aromatic rings. The lowest BCUT2D eigenvalue weighted by molar-refractivity contribution is -0.117. The number of hydrogen-bond acceptors (Lipinski definition) is 5. The summed E-state index contributed by atoms with van der Waals surface area (Å²) in [5, 5.41) is 8.88. The first-order valence-corrected chi connectivity index (χ1v) is 8.80. The van der Waals surface area contributed by atoms with Gasteiger partial charge in [-0.1, -0.05) is 30.0 Å². The molecule has 0 saturated carbocycles. The van der Waals surface area contributed by atoms with Gasteiger partial charge in [0, 0.05) is 19.8 Å². The van der Waals surface area contributed by atoms with Crippen LogP contribution >= 0.6 is 11.8 Å². The summed E-state index contributed by atoms with van der Waals surface area (Å²) in [7, 11) is 3.67. The van der Waals surface area contributed by atoms with Crippen LogP contribution < -0.4 is 4.90 Å². The van der Waals surface area contributed by atoms with Gasteiger partial charge in [-0.05, 0) is 32.0 Å². The Balaban J connectivity index is 1.75. The molecule has 0 saturated heterocycles. The highest BCUT2D eigenvalue weighted by Crippen LogP contribution is 2.28. The topological polar surface area (TPSA) is 64.2 Å². The molecule has 1 aromatic carbocycles. The van der Waals surface area contributed by atoms with Gasteiger partial charge in [-0.25, -0.2) is 0 Å². The molecule has 0 aliphatic rings. The van der Waals surface area contributed by atoms with Gasteiger partial charge in [0.05, 0.1) is 17.1 Å². The number of furan rings is 1. The average Bonchev–Trinajstić information content (AvgIpc) is 3.20. The number of aromatic nitrogens is 3. The number of hydrogen-bond donors (Lipinski definition) is 0. The summed E-state index contributed by atoms with van der Waals surface area (Å²) < 4.78 is 7.22. The number of thioether (sulfide) groups is 1. The number of nitrogens with zero attached hydrogens (tertiary/aromatic N) is 4. The van der Waals surface area contributed by atoms with Gasteiger partial charge in [0.2, 0.25) is 5.91 Å². The van der Waals surface area contributed by atoms with Gasteiger partial charge in [-0.3, -0.25) is 4.79 Å². The molecule has 1 amide bonds. The third kappa shape index (κ3) is 3.46. The Labute approximate surface area is 150 Å². The molecule has 0 fully saturated rings. The predicted molar refractivity (Wildman–Crippen MR) is 98.6 cm³/mol. The number of carbonyl (C=O) groups is 1. The monoisotopic (exact) mass is 356 g/mol. The van der Waals surface area contributed by atoms with E-state index in [0.717, 1.165) is 22.8 Å². The molecular formula is C18H20N4O2S. The third-order valence-electron chi connectivity index (χ3n) is 4.04. The van der Waals surface area contributed by atoms with E-state index in [4.69, 9.17) is 4.42 Å². The maximum Gasteiger partial charge on any atom is 0.240 e. The van der Waals surface area contributed by atoms with Crippen molar-refractivity contribution in [2.24, 2.45) is 7.05 Å². The second kappa shape index (κ2) is 7.14. The molecule has 7 heteroatoms. The number of carbonyl (C=O) groups excluding carboxylic acids is 1.